The summed E-state index contributed by atoms with van der Waals surface area (Å²) in [5, 5.41) is 0. The Morgan fingerprint density at radius 1 is 1.03 bits per heavy atom. The van der Waals surface area contributed by atoms with Gasteiger partial charge in [0.2, 0.25) is 5.91 Å². The molecule has 1 heterocycles. The number of rotatable bonds is 7. The van der Waals surface area contributed by atoms with Crippen molar-refractivity contribution in [2.75, 3.05) is 6.73 Å². The molecule has 1 unspecified atom stereocenters. The molecule has 1 aliphatic heterocycles. The van der Waals surface area contributed by atoms with Gasteiger partial charge in [-0.25, -0.2) is 0 Å². The van der Waals surface area contributed by atoms with Crippen LogP contribution in [0.1, 0.15) is 38.3 Å². The molecule has 6 heteroatoms. The third kappa shape index (κ3) is 6.49. The summed E-state index contributed by atoms with van der Waals surface area (Å²) in [6, 6.07) is 19.0. The maximum Gasteiger partial charge on any atom is 0.307 e. The van der Waals surface area contributed by atoms with E-state index in [0.717, 1.165) is 16.0 Å². The monoisotopic (exact) mass is 423 g/mol. The van der Waals surface area contributed by atoms with Crippen molar-refractivity contribution in [3.05, 3.63) is 71.8 Å². The number of ether oxygens (including phenoxy) is 2. The Balaban J connectivity index is 1.72. The SMILES string of the molecule is CC(C)(C)OC(=O)CC(Cc1ccccc1)C(=O)N1CO[C@H](Cc2ccccc2)C1=O. The second-order valence-corrected chi connectivity index (χ2v) is 8.76. The Hall–Kier alpha value is -2.99. The predicted octanol–water partition coefficient (Wildman–Crippen LogP) is 3.53. The van der Waals surface area contributed by atoms with Crippen LogP contribution in [0.5, 0.6) is 0 Å². The summed E-state index contributed by atoms with van der Waals surface area (Å²) in [5.74, 6) is -1.94. The molecule has 0 radical (unpaired) electrons. The standard InChI is InChI=1S/C25H29NO5/c1-25(2,3)31-22(27)16-20(14-18-10-6-4-7-11-18)23(28)26-17-30-21(24(26)29)15-19-12-8-5-9-13-19/h4-13,20-21H,14-17H2,1-3H3/t20?,21-/m1/s1. The van der Waals surface area contributed by atoms with Gasteiger partial charge in [0, 0.05) is 6.42 Å². The highest BCUT2D eigenvalue weighted by Crippen LogP contribution is 2.23. The van der Waals surface area contributed by atoms with E-state index >= 15 is 0 Å². The summed E-state index contributed by atoms with van der Waals surface area (Å²) in [4.78, 5) is 39.8. The maximum atomic E-state index is 13.3. The van der Waals surface area contributed by atoms with Crippen molar-refractivity contribution >= 4 is 17.8 Å². The minimum Gasteiger partial charge on any atom is -0.460 e. The molecule has 2 atom stereocenters. The fourth-order valence-electron chi connectivity index (χ4n) is 3.57. The van der Waals surface area contributed by atoms with Crippen LogP contribution in [0.15, 0.2) is 60.7 Å². The number of hydrogen-bond donors (Lipinski definition) is 0. The fraction of sp³-hybridized carbons (Fsp3) is 0.400. The second-order valence-electron chi connectivity index (χ2n) is 8.76. The van der Waals surface area contributed by atoms with E-state index in [0.29, 0.717) is 12.8 Å². The van der Waals surface area contributed by atoms with Crippen LogP contribution in [0.25, 0.3) is 0 Å². The van der Waals surface area contributed by atoms with Gasteiger partial charge >= 0.3 is 5.97 Å². The van der Waals surface area contributed by atoms with E-state index in [2.05, 4.69) is 0 Å². The summed E-state index contributed by atoms with van der Waals surface area (Å²) in [6.45, 7) is 5.25. The first-order valence-corrected chi connectivity index (χ1v) is 10.5. The molecule has 2 amide bonds. The molecule has 1 fully saturated rings. The minimum atomic E-state index is -0.708. The van der Waals surface area contributed by atoms with Gasteiger partial charge in [-0.3, -0.25) is 19.3 Å². The Morgan fingerprint density at radius 3 is 2.19 bits per heavy atom. The molecule has 1 saturated heterocycles. The van der Waals surface area contributed by atoms with Crippen LogP contribution in [-0.4, -0.2) is 41.1 Å². The van der Waals surface area contributed by atoms with E-state index in [1.165, 1.54) is 0 Å². The van der Waals surface area contributed by atoms with E-state index < -0.39 is 29.5 Å². The summed E-state index contributed by atoms with van der Waals surface area (Å²) >= 11 is 0. The molecule has 0 spiro atoms. The first-order chi connectivity index (χ1) is 14.7. The van der Waals surface area contributed by atoms with Gasteiger partial charge in [0.15, 0.2) is 0 Å². The van der Waals surface area contributed by atoms with Crippen molar-refractivity contribution in [2.24, 2.45) is 5.92 Å². The van der Waals surface area contributed by atoms with Gasteiger partial charge < -0.3 is 9.47 Å². The van der Waals surface area contributed by atoms with Crippen molar-refractivity contribution in [2.45, 2.75) is 51.7 Å². The highest BCUT2D eigenvalue weighted by Gasteiger charge is 2.40. The minimum absolute atomic E-state index is 0.0991. The molecular formula is C25H29NO5. The summed E-state index contributed by atoms with van der Waals surface area (Å²) in [6.07, 6.45) is -0.0616. The highest BCUT2D eigenvalue weighted by atomic mass is 16.6. The first-order valence-electron chi connectivity index (χ1n) is 10.5. The third-order valence-corrected chi connectivity index (χ3v) is 4.98. The number of benzene rings is 2. The van der Waals surface area contributed by atoms with E-state index in [1.807, 2.05) is 60.7 Å². The number of hydrogen-bond acceptors (Lipinski definition) is 5. The zero-order valence-electron chi connectivity index (χ0n) is 18.2. The van der Waals surface area contributed by atoms with Crippen LogP contribution in [0.3, 0.4) is 0 Å². The van der Waals surface area contributed by atoms with Crippen LogP contribution >= 0.6 is 0 Å². The fourth-order valence-corrected chi connectivity index (χ4v) is 3.57. The van der Waals surface area contributed by atoms with Crippen molar-refractivity contribution in [3.63, 3.8) is 0 Å². The van der Waals surface area contributed by atoms with E-state index in [-0.39, 0.29) is 19.1 Å². The highest BCUT2D eigenvalue weighted by molar-refractivity contribution is 6.00. The largest absolute Gasteiger partial charge is 0.460 e. The number of imide groups is 1. The topological polar surface area (TPSA) is 72.9 Å². The Labute approximate surface area is 183 Å². The average molecular weight is 424 g/mol. The molecule has 2 aromatic rings. The van der Waals surface area contributed by atoms with Crippen molar-refractivity contribution < 1.29 is 23.9 Å². The molecule has 6 nitrogen and oxygen atoms in total. The van der Waals surface area contributed by atoms with Crippen molar-refractivity contribution in [1.29, 1.82) is 0 Å². The van der Waals surface area contributed by atoms with Gasteiger partial charge in [0.1, 0.15) is 18.4 Å². The lowest BCUT2D eigenvalue weighted by Crippen LogP contribution is -2.41. The predicted molar refractivity (Wildman–Crippen MR) is 116 cm³/mol. The van der Waals surface area contributed by atoms with Crippen molar-refractivity contribution in [3.8, 4) is 0 Å². The second kappa shape index (κ2) is 9.88. The lowest BCUT2D eigenvalue weighted by Gasteiger charge is -2.24. The average Bonchev–Trinajstić information content (AvgIpc) is 3.07. The number of nitrogens with zero attached hydrogens (tertiary/aromatic N) is 1. The number of amides is 2. The van der Waals surface area contributed by atoms with Crippen molar-refractivity contribution in [1.82, 2.24) is 4.90 Å². The lowest BCUT2D eigenvalue weighted by molar-refractivity contribution is -0.159. The third-order valence-electron chi connectivity index (χ3n) is 4.98. The van der Waals surface area contributed by atoms with E-state index in [4.69, 9.17) is 9.47 Å². The Morgan fingerprint density at radius 2 is 1.61 bits per heavy atom. The molecule has 0 aromatic heterocycles. The number of esters is 1. The molecule has 31 heavy (non-hydrogen) atoms. The molecule has 0 saturated carbocycles. The van der Waals surface area contributed by atoms with Crippen LogP contribution in [0.2, 0.25) is 0 Å². The number of carbonyl (C=O) groups excluding carboxylic acids is 3. The molecule has 164 valence electrons. The molecular weight excluding hydrogens is 394 g/mol. The molecule has 2 aromatic carbocycles. The van der Waals surface area contributed by atoms with Gasteiger partial charge in [0.25, 0.3) is 5.91 Å². The zero-order chi connectivity index (χ0) is 22.4. The smallest absolute Gasteiger partial charge is 0.307 e. The Bertz CT molecular complexity index is 905. The summed E-state index contributed by atoms with van der Waals surface area (Å²) < 4.78 is 11.0. The Kier molecular flexibility index (Phi) is 7.23. The quantitative estimate of drug-likeness (QED) is 0.637. The van der Waals surface area contributed by atoms with Gasteiger partial charge in [-0.1, -0.05) is 60.7 Å². The molecule has 3 rings (SSSR count). The van der Waals surface area contributed by atoms with Gasteiger partial charge in [0.05, 0.1) is 12.3 Å². The maximum absolute atomic E-state index is 13.3. The zero-order valence-corrected chi connectivity index (χ0v) is 18.2. The molecule has 0 N–H and O–H groups in total. The molecule has 1 aliphatic rings. The van der Waals surface area contributed by atoms with Crippen LogP contribution in [0.4, 0.5) is 0 Å². The summed E-state index contributed by atoms with van der Waals surface area (Å²) in [7, 11) is 0. The summed E-state index contributed by atoms with van der Waals surface area (Å²) in [5.41, 5.74) is 1.23. The molecule has 0 bridgehead atoms. The van der Waals surface area contributed by atoms with Crippen LogP contribution in [0, 0.1) is 5.92 Å². The van der Waals surface area contributed by atoms with E-state index in [9.17, 15) is 14.4 Å². The first kappa shape index (κ1) is 22.7. The molecule has 0 aliphatic carbocycles. The van der Waals surface area contributed by atoms with Crippen LogP contribution < -0.4 is 0 Å². The van der Waals surface area contributed by atoms with Gasteiger partial charge in [-0.15, -0.1) is 0 Å². The lowest BCUT2D eigenvalue weighted by atomic mass is 9.94. The van der Waals surface area contributed by atoms with Gasteiger partial charge in [-0.2, -0.15) is 0 Å². The van der Waals surface area contributed by atoms with Gasteiger partial charge in [-0.05, 0) is 38.3 Å². The van der Waals surface area contributed by atoms with E-state index in [1.54, 1.807) is 20.8 Å². The number of carbonyl (C=O) groups is 3. The normalized spacial score (nSPS) is 17.5. The van der Waals surface area contributed by atoms with Crippen LogP contribution in [-0.2, 0) is 36.7 Å².